The third-order valence-corrected chi connectivity index (χ3v) is 1.39. The summed E-state index contributed by atoms with van der Waals surface area (Å²) in [7, 11) is 1.22. The molecule has 0 saturated heterocycles. The maximum atomic E-state index is 9.75. The van der Waals surface area contributed by atoms with Crippen LogP contribution in [0, 0.1) is 0 Å². The molecule has 4 heteroatoms. The molecule has 0 radical (unpaired) electrons. The summed E-state index contributed by atoms with van der Waals surface area (Å²) in [5.41, 5.74) is 4.43. The second-order valence-electron chi connectivity index (χ2n) is 2.58. The van der Waals surface area contributed by atoms with E-state index in [-0.39, 0.29) is 0 Å². The van der Waals surface area contributed by atoms with E-state index in [0.29, 0.717) is 0 Å². The molecule has 1 amide bonds. The van der Waals surface area contributed by atoms with Crippen LogP contribution in [0.2, 0.25) is 0 Å². The highest BCUT2D eigenvalue weighted by Gasteiger charge is 1.79. The SMILES string of the molecule is CCCCC/C=C/C=O.COC(N)=O. The third-order valence-electron chi connectivity index (χ3n) is 1.39. The molecule has 0 spiro atoms. The monoisotopic (exact) mass is 201 g/mol. The minimum Gasteiger partial charge on any atom is -0.453 e. The van der Waals surface area contributed by atoms with Gasteiger partial charge < -0.3 is 10.5 Å². The molecule has 0 bridgehead atoms. The van der Waals surface area contributed by atoms with Crippen LogP contribution in [-0.4, -0.2) is 19.5 Å². The van der Waals surface area contributed by atoms with E-state index in [1.54, 1.807) is 6.08 Å². The van der Waals surface area contributed by atoms with E-state index < -0.39 is 6.09 Å². The molecule has 0 atom stereocenters. The van der Waals surface area contributed by atoms with Gasteiger partial charge in [-0.3, -0.25) is 4.79 Å². The molecule has 0 fully saturated rings. The Morgan fingerprint density at radius 1 is 1.43 bits per heavy atom. The fraction of sp³-hybridized carbons (Fsp3) is 0.600. The van der Waals surface area contributed by atoms with Crippen molar-refractivity contribution in [1.82, 2.24) is 0 Å². The number of methoxy groups -OCH3 is 1. The van der Waals surface area contributed by atoms with E-state index in [4.69, 9.17) is 0 Å². The Labute approximate surface area is 85.1 Å². The van der Waals surface area contributed by atoms with Crippen molar-refractivity contribution in [1.29, 1.82) is 0 Å². The van der Waals surface area contributed by atoms with Gasteiger partial charge in [-0.2, -0.15) is 0 Å². The zero-order chi connectivity index (χ0) is 11.2. The summed E-state index contributed by atoms with van der Waals surface area (Å²) in [5, 5.41) is 0. The summed E-state index contributed by atoms with van der Waals surface area (Å²) < 4.78 is 3.89. The number of unbranched alkanes of at least 4 members (excludes halogenated alkanes) is 3. The number of nitrogens with two attached hydrogens (primary N) is 1. The molecule has 0 aliphatic carbocycles. The lowest BCUT2D eigenvalue weighted by Gasteiger charge is -1.88. The molecule has 14 heavy (non-hydrogen) atoms. The van der Waals surface area contributed by atoms with Crippen LogP contribution in [0.3, 0.4) is 0 Å². The van der Waals surface area contributed by atoms with Crippen molar-refractivity contribution in [2.45, 2.75) is 32.6 Å². The van der Waals surface area contributed by atoms with E-state index in [2.05, 4.69) is 17.4 Å². The van der Waals surface area contributed by atoms with Crippen LogP contribution in [0.15, 0.2) is 12.2 Å². The van der Waals surface area contributed by atoms with Crippen molar-refractivity contribution in [3.63, 3.8) is 0 Å². The molecular formula is C10H19NO3. The summed E-state index contributed by atoms with van der Waals surface area (Å²) in [6.07, 6.45) is 8.33. The third kappa shape index (κ3) is 22.4. The highest BCUT2D eigenvalue weighted by Crippen LogP contribution is 1.98. The zero-order valence-corrected chi connectivity index (χ0v) is 8.86. The molecule has 0 aliphatic heterocycles. The number of rotatable bonds is 5. The van der Waals surface area contributed by atoms with Crippen LogP contribution >= 0.6 is 0 Å². The van der Waals surface area contributed by atoms with Gasteiger partial charge in [0.05, 0.1) is 7.11 Å². The standard InChI is InChI=1S/C8H14O.C2H5NO2/c1-2-3-4-5-6-7-8-9;1-5-2(3)4/h6-8H,2-5H2,1H3;1H3,(H2,3,4)/b7-6+;. The van der Waals surface area contributed by atoms with Crippen molar-refractivity contribution in [2.24, 2.45) is 5.73 Å². The summed E-state index contributed by atoms with van der Waals surface area (Å²) in [4.78, 5) is 19.1. The number of amides is 1. The van der Waals surface area contributed by atoms with E-state index in [9.17, 15) is 9.59 Å². The number of hydrogen-bond acceptors (Lipinski definition) is 3. The number of ether oxygens (including phenoxy) is 1. The second kappa shape index (κ2) is 14.2. The topological polar surface area (TPSA) is 69.4 Å². The first-order chi connectivity index (χ1) is 6.68. The van der Waals surface area contributed by atoms with Gasteiger partial charge in [0.15, 0.2) is 0 Å². The summed E-state index contributed by atoms with van der Waals surface area (Å²) in [5.74, 6) is 0. The normalized spacial score (nSPS) is 9.00. The number of aldehydes is 1. The van der Waals surface area contributed by atoms with E-state index in [0.717, 1.165) is 12.7 Å². The van der Waals surface area contributed by atoms with Gasteiger partial charge in [-0.1, -0.05) is 25.8 Å². The fourth-order valence-electron chi connectivity index (χ4n) is 0.664. The molecular weight excluding hydrogens is 182 g/mol. The summed E-state index contributed by atoms with van der Waals surface area (Å²) in [6, 6.07) is 0. The lowest BCUT2D eigenvalue weighted by atomic mass is 10.2. The Hall–Kier alpha value is -1.32. The lowest BCUT2D eigenvalue weighted by molar-refractivity contribution is -0.104. The molecule has 0 heterocycles. The minimum atomic E-state index is -0.745. The van der Waals surface area contributed by atoms with Gasteiger partial charge in [-0.15, -0.1) is 0 Å². The van der Waals surface area contributed by atoms with Crippen molar-refractivity contribution >= 4 is 12.4 Å². The first-order valence-electron chi connectivity index (χ1n) is 4.62. The predicted molar refractivity (Wildman–Crippen MR) is 55.9 cm³/mol. The van der Waals surface area contributed by atoms with Gasteiger partial charge in [0, 0.05) is 0 Å². The highest BCUT2D eigenvalue weighted by atomic mass is 16.5. The van der Waals surface area contributed by atoms with E-state index in [1.807, 2.05) is 6.08 Å². The van der Waals surface area contributed by atoms with Crippen LogP contribution in [0.5, 0.6) is 0 Å². The number of hydrogen-bond donors (Lipinski definition) is 1. The van der Waals surface area contributed by atoms with E-state index >= 15 is 0 Å². The molecule has 0 rings (SSSR count). The molecule has 0 aromatic carbocycles. The number of allylic oxidation sites excluding steroid dienone is 2. The van der Waals surface area contributed by atoms with Gasteiger partial charge in [0.2, 0.25) is 0 Å². The molecule has 0 aromatic heterocycles. The molecule has 2 N–H and O–H groups in total. The Kier molecular flexibility index (Phi) is 15.4. The van der Waals surface area contributed by atoms with Crippen LogP contribution in [0.25, 0.3) is 0 Å². The van der Waals surface area contributed by atoms with Crippen LogP contribution in [0.4, 0.5) is 4.79 Å². The minimum absolute atomic E-state index is 0.745. The quantitative estimate of drug-likeness (QED) is 0.420. The molecule has 0 unspecified atom stereocenters. The van der Waals surface area contributed by atoms with Crippen LogP contribution in [-0.2, 0) is 9.53 Å². The van der Waals surface area contributed by atoms with Gasteiger partial charge in [0.1, 0.15) is 6.29 Å². The highest BCUT2D eigenvalue weighted by molar-refractivity contribution is 5.64. The summed E-state index contributed by atoms with van der Waals surface area (Å²) in [6.45, 7) is 2.17. The molecule has 0 aliphatic rings. The first-order valence-corrected chi connectivity index (χ1v) is 4.62. The van der Waals surface area contributed by atoms with Gasteiger partial charge >= 0.3 is 6.09 Å². The van der Waals surface area contributed by atoms with Crippen LogP contribution in [0.1, 0.15) is 32.6 Å². The number of carbonyl (C=O) groups excluding carboxylic acids is 2. The Balaban J connectivity index is 0. The molecule has 82 valence electrons. The van der Waals surface area contributed by atoms with Gasteiger partial charge in [-0.25, -0.2) is 4.79 Å². The second-order valence-corrected chi connectivity index (χ2v) is 2.58. The Morgan fingerprint density at radius 3 is 2.36 bits per heavy atom. The zero-order valence-electron chi connectivity index (χ0n) is 8.86. The largest absolute Gasteiger partial charge is 0.453 e. The average molecular weight is 201 g/mol. The predicted octanol–water partition coefficient (Wildman–Crippen LogP) is 2.03. The maximum absolute atomic E-state index is 9.75. The molecule has 0 saturated carbocycles. The van der Waals surface area contributed by atoms with Crippen molar-refractivity contribution in [2.75, 3.05) is 7.11 Å². The van der Waals surface area contributed by atoms with Crippen molar-refractivity contribution < 1.29 is 14.3 Å². The van der Waals surface area contributed by atoms with E-state index in [1.165, 1.54) is 26.4 Å². The average Bonchev–Trinajstić information content (AvgIpc) is 2.19. The Bertz CT molecular complexity index is 167. The first kappa shape index (κ1) is 15.2. The molecule has 4 nitrogen and oxygen atoms in total. The summed E-state index contributed by atoms with van der Waals surface area (Å²) >= 11 is 0. The van der Waals surface area contributed by atoms with Gasteiger partial charge in [0.25, 0.3) is 0 Å². The molecule has 0 aromatic rings. The Morgan fingerprint density at radius 2 is 2.00 bits per heavy atom. The number of carbonyl (C=O) groups is 2. The maximum Gasteiger partial charge on any atom is 0.404 e. The van der Waals surface area contributed by atoms with Crippen LogP contribution < -0.4 is 5.73 Å². The number of primary amides is 1. The van der Waals surface area contributed by atoms with Crippen molar-refractivity contribution in [3.05, 3.63) is 12.2 Å². The lowest BCUT2D eigenvalue weighted by Crippen LogP contribution is -2.08. The van der Waals surface area contributed by atoms with Gasteiger partial charge in [-0.05, 0) is 18.9 Å². The smallest absolute Gasteiger partial charge is 0.404 e. The van der Waals surface area contributed by atoms with Crippen molar-refractivity contribution in [3.8, 4) is 0 Å². The fourth-order valence-corrected chi connectivity index (χ4v) is 0.664.